The van der Waals surface area contributed by atoms with E-state index in [1.165, 1.54) is 12.1 Å². The molecular formula is C11H7FN2O2. The zero-order chi connectivity index (χ0) is 11.1. The Bertz CT molecular complexity index is 622. The van der Waals surface area contributed by atoms with Crippen molar-refractivity contribution in [3.63, 3.8) is 0 Å². The molecule has 80 valence electrons. The Hall–Kier alpha value is -2.17. The van der Waals surface area contributed by atoms with Crippen LogP contribution in [0.25, 0.3) is 11.3 Å². The lowest BCUT2D eigenvalue weighted by Crippen LogP contribution is -2.15. The molecular weight excluding hydrogens is 211 g/mol. The molecule has 16 heavy (non-hydrogen) atoms. The summed E-state index contributed by atoms with van der Waals surface area (Å²) in [6.45, 7) is 0.226. The highest BCUT2D eigenvalue weighted by Crippen LogP contribution is 2.34. The van der Waals surface area contributed by atoms with Crippen molar-refractivity contribution in [2.45, 2.75) is 6.61 Å². The first-order chi connectivity index (χ1) is 7.74. The van der Waals surface area contributed by atoms with Gasteiger partial charge in [-0.05, 0) is 6.07 Å². The molecule has 2 aromatic rings. The standard InChI is InChI=1S/C11H7FN2O2/c12-6-3-9-11(13-4-6)7-1-2-10(15)14-8(7)5-16-9/h1-4H,5H2,(H,14,15). The van der Waals surface area contributed by atoms with Crippen LogP contribution in [0.2, 0.25) is 0 Å². The van der Waals surface area contributed by atoms with Gasteiger partial charge in [-0.2, -0.15) is 0 Å². The summed E-state index contributed by atoms with van der Waals surface area (Å²) in [5, 5.41) is 0. The van der Waals surface area contributed by atoms with Crippen molar-refractivity contribution in [2.75, 3.05) is 0 Å². The van der Waals surface area contributed by atoms with E-state index in [0.717, 1.165) is 11.8 Å². The molecule has 0 spiro atoms. The maximum atomic E-state index is 12.9. The molecule has 1 N–H and O–H groups in total. The van der Waals surface area contributed by atoms with Crippen molar-refractivity contribution >= 4 is 0 Å². The van der Waals surface area contributed by atoms with E-state index in [2.05, 4.69) is 9.97 Å². The Morgan fingerprint density at radius 2 is 2.31 bits per heavy atom. The number of hydrogen-bond donors (Lipinski definition) is 1. The molecule has 0 bridgehead atoms. The Morgan fingerprint density at radius 1 is 1.44 bits per heavy atom. The van der Waals surface area contributed by atoms with Crippen molar-refractivity contribution in [1.82, 2.24) is 9.97 Å². The summed E-state index contributed by atoms with van der Waals surface area (Å²) in [5.41, 5.74) is 1.81. The largest absolute Gasteiger partial charge is 0.485 e. The fourth-order valence-electron chi connectivity index (χ4n) is 1.74. The number of aromatic amines is 1. The lowest BCUT2D eigenvalue weighted by atomic mass is 10.1. The quantitative estimate of drug-likeness (QED) is 0.728. The third kappa shape index (κ3) is 1.29. The van der Waals surface area contributed by atoms with E-state index < -0.39 is 5.82 Å². The maximum Gasteiger partial charge on any atom is 0.248 e. The second-order valence-electron chi connectivity index (χ2n) is 3.50. The van der Waals surface area contributed by atoms with Crippen LogP contribution in [0, 0.1) is 5.82 Å². The monoisotopic (exact) mass is 218 g/mol. The predicted molar refractivity (Wildman–Crippen MR) is 54.6 cm³/mol. The zero-order valence-electron chi connectivity index (χ0n) is 8.16. The normalized spacial score (nSPS) is 12.6. The van der Waals surface area contributed by atoms with E-state index in [-0.39, 0.29) is 12.2 Å². The number of nitrogens with one attached hydrogen (secondary N) is 1. The van der Waals surface area contributed by atoms with Crippen molar-refractivity contribution in [1.29, 1.82) is 0 Å². The third-order valence-corrected chi connectivity index (χ3v) is 2.45. The highest BCUT2D eigenvalue weighted by molar-refractivity contribution is 5.69. The smallest absolute Gasteiger partial charge is 0.248 e. The fraction of sp³-hybridized carbons (Fsp3) is 0.0909. The van der Waals surface area contributed by atoms with E-state index in [4.69, 9.17) is 4.74 Å². The number of hydrogen-bond acceptors (Lipinski definition) is 3. The molecule has 0 saturated heterocycles. The van der Waals surface area contributed by atoms with E-state index in [0.29, 0.717) is 17.1 Å². The first-order valence-electron chi connectivity index (χ1n) is 4.75. The average molecular weight is 218 g/mol. The van der Waals surface area contributed by atoms with Crippen LogP contribution in [0.1, 0.15) is 5.69 Å². The van der Waals surface area contributed by atoms with Gasteiger partial charge in [0.05, 0.1) is 11.9 Å². The predicted octanol–water partition coefficient (Wildman–Crippen LogP) is 1.47. The van der Waals surface area contributed by atoms with Crippen molar-refractivity contribution in [2.24, 2.45) is 0 Å². The number of aromatic nitrogens is 2. The molecule has 0 amide bonds. The number of ether oxygens (including phenoxy) is 1. The van der Waals surface area contributed by atoms with E-state index in [9.17, 15) is 9.18 Å². The molecule has 0 atom stereocenters. The third-order valence-electron chi connectivity index (χ3n) is 2.45. The zero-order valence-corrected chi connectivity index (χ0v) is 8.16. The number of nitrogens with zero attached hydrogens (tertiary/aromatic N) is 1. The number of fused-ring (bicyclic) bond motifs is 3. The van der Waals surface area contributed by atoms with E-state index >= 15 is 0 Å². The summed E-state index contributed by atoms with van der Waals surface area (Å²) < 4.78 is 18.2. The Balaban J connectivity index is 2.27. The van der Waals surface area contributed by atoms with Gasteiger partial charge in [-0.25, -0.2) is 9.37 Å². The van der Waals surface area contributed by atoms with Gasteiger partial charge in [-0.1, -0.05) is 0 Å². The molecule has 0 aromatic carbocycles. The summed E-state index contributed by atoms with van der Waals surface area (Å²) in [6, 6.07) is 4.37. The van der Waals surface area contributed by atoms with Crippen LogP contribution in [-0.2, 0) is 6.61 Å². The molecule has 2 aromatic heterocycles. The second kappa shape index (κ2) is 3.16. The molecule has 1 aliphatic heterocycles. The molecule has 0 aliphatic carbocycles. The van der Waals surface area contributed by atoms with Gasteiger partial charge in [-0.3, -0.25) is 4.79 Å². The van der Waals surface area contributed by atoms with Crippen LogP contribution in [0.5, 0.6) is 5.75 Å². The number of halogens is 1. The molecule has 4 nitrogen and oxygen atoms in total. The summed E-state index contributed by atoms with van der Waals surface area (Å²) >= 11 is 0. The number of pyridine rings is 2. The van der Waals surface area contributed by atoms with Crippen LogP contribution >= 0.6 is 0 Å². The SMILES string of the molecule is O=c1ccc2c([nH]1)COc1cc(F)cnc1-2. The van der Waals surface area contributed by atoms with Gasteiger partial charge in [0.15, 0.2) is 0 Å². The van der Waals surface area contributed by atoms with Gasteiger partial charge in [0.25, 0.3) is 0 Å². The Labute approximate surface area is 89.7 Å². The topological polar surface area (TPSA) is 55.0 Å². The highest BCUT2D eigenvalue weighted by Gasteiger charge is 2.19. The second-order valence-corrected chi connectivity index (χ2v) is 3.50. The molecule has 0 saturated carbocycles. The van der Waals surface area contributed by atoms with Crippen LogP contribution in [0.3, 0.4) is 0 Å². The number of rotatable bonds is 0. The average Bonchev–Trinajstić information content (AvgIpc) is 2.28. The van der Waals surface area contributed by atoms with Gasteiger partial charge in [-0.15, -0.1) is 0 Å². The Morgan fingerprint density at radius 3 is 3.19 bits per heavy atom. The lowest BCUT2D eigenvalue weighted by molar-refractivity contribution is 0.293. The van der Waals surface area contributed by atoms with Crippen LogP contribution < -0.4 is 10.3 Å². The minimum atomic E-state index is -0.438. The number of H-pyrrole nitrogens is 1. The summed E-state index contributed by atoms with van der Waals surface area (Å²) in [6.07, 6.45) is 1.13. The molecule has 0 unspecified atom stereocenters. The van der Waals surface area contributed by atoms with Crippen LogP contribution in [0.4, 0.5) is 4.39 Å². The first kappa shape index (κ1) is 9.08. The van der Waals surface area contributed by atoms with Crippen molar-refractivity contribution < 1.29 is 9.13 Å². The van der Waals surface area contributed by atoms with Gasteiger partial charge < -0.3 is 9.72 Å². The Kier molecular flexibility index (Phi) is 1.80. The van der Waals surface area contributed by atoms with Gasteiger partial charge in [0.2, 0.25) is 5.56 Å². The highest BCUT2D eigenvalue weighted by atomic mass is 19.1. The van der Waals surface area contributed by atoms with E-state index in [1.54, 1.807) is 6.07 Å². The minimum absolute atomic E-state index is 0.187. The van der Waals surface area contributed by atoms with Crippen molar-refractivity contribution in [3.05, 3.63) is 46.3 Å². The van der Waals surface area contributed by atoms with Gasteiger partial charge in [0.1, 0.15) is 23.9 Å². The minimum Gasteiger partial charge on any atom is -0.485 e. The van der Waals surface area contributed by atoms with Gasteiger partial charge >= 0.3 is 0 Å². The summed E-state index contributed by atoms with van der Waals surface area (Å²) in [4.78, 5) is 17.8. The summed E-state index contributed by atoms with van der Waals surface area (Å²) in [7, 11) is 0. The molecule has 0 radical (unpaired) electrons. The van der Waals surface area contributed by atoms with Gasteiger partial charge in [0, 0.05) is 17.7 Å². The molecule has 5 heteroatoms. The molecule has 1 aliphatic rings. The maximum absolute atomic E-state index is 12.9. The van der Waals surface area contributed by atoms with Crippen molar-refractivity contribution in [3.8, 4) is 17.0 Å². The summed E-state index contributed by atoms with van der Waals surface area (Å²) in [5.74, 6) is -0.0360. The molecule has 0 fully saturated rings. The molecule has 3 heterocycles. The van der Waals surface area contributed by atoms with Crippen LogP contribution in [-0.4, -0.2) is 9.97 Å². The fourth-order valence-corrected chi connectivity index (χ4v) is 1.74. The lowest BCUT2D eigenvalue weighted by Gasteiger charge is -2.18. The van der Waals surface area contributed by atoms with Crippen LogP contribution in [0.15, 0.2) is 29.2 Å². The first-order valence-corrected chi connectivity index (χ1v) is 4.75. The van der Waals surface area contributed by atoms with E-state index in [1.807, 2.05) is 0 Å². The molecule has 3 rings (SSSR count).